The number of unbranched alkanes of at least 4 members (excludes halogenated alkanes) is 3. The zero-order chi connectivity index (χ0) is 25.5. The minimum absolute atomic E-state index is 0.00305. The van der Waals surface area contributed by atoms with E-state index < -0.39 is 6.09 Å². The largest absolute Gasteiger partial charge is 0.443 e. The number of carbonyl (C=O) groups is 2. The van der Waals surface area contributed by atoms with E-state index in [9.17, 15) is 14.1 Å². The van der Waals surface area contributed by atoms with Crippen LogP contribution in [0.5, 0.6) is 0 Å². The molecule has 3 aliphatic rings. The number of rotatable bonds is 14. The van der Waals surface area contributed by atoms with Crippen molar-refractivity contribution in [3.05, 3.63) is 11.6 Å². The van der Waals surface area contributed by atoms with E-state index in [2.05, 4.69) is 37.5 Å². The van der Waals surface area contributed by atoms with E-state index >= 15 is 0 Å². The molecular formula is C25H42FN3O6. The minimum atomic E-state index is -0.433. The van der Waals surface area contributed by atoms with Crippen LogP contribution in [-0.4, -0.2) is 74.9 Å². The van der Waals surface area contributed by atoms with E-state index in [1.54, 1.807) is 7.11 Å². The summed E-state index contributed by atoms with van der Waals surface area (Å²) < 4.78 is 35.7. The Hall–Kier alpha value is -1.75. The zero-order valence-electron chi connectivity index (χ0n) is 21.5. The molecule has 2 aliphatic heterocycles. The molecule has 1 saturated carbocycles. The van der Waals surface area contributed by atoms with Crippen molar-refractivity contribution >= 4 is 12.0 Å². The van der Waals surface area contributed by atoms with Gasteiger partial charge in [-0.3, -0.25) is 4.79 Å². The molecule has 1 spiro atoms. The monoisotopic (exact) mass is 499 g/mol. The molecule has 2 saturated heterocycles. The van der Waals surface area contributed by atoms with Crippen LogP contribution >= 0.6 is 0 Å². The number of halogens is 1. The topological polar surface area (TPSA) is 114 Å². The van der Waals surface area contributed by atoms with Gasteiger partial charge >= 0.3 is 6.09 Å². The number of epoxide rings is 2. The van der Waals surface area contributed by atoms with E-state index in [-0.39, 0.29) is 47.9 Å². The Morgan fingerprint density at radius 1 is 1.14 bits per heavy atom. The number of amides is 2. The summed E-state index contributed by atoms with van der Waals surface area (Å²) in [6.45, 7) is 7.70. The Morgan fingerprint density at radius 2 is 1.83 bits per heavy atom. The van der Waals surface area contributed by atoms with Crippen molar-refractivity contribution in [2.45, 2.75) is 95.2 Å². The lowest BCUT2D eigenvalue weighted by Gasteiger charge is -2.42. The first-order valence-corrected chi connectivity index (χ1v) is 12.8. The van der Waals surface area contributed by atoms with Crippen LogP contribution < -0.4 is 16.2 Å². The predicted octanol–water partition coefficient (Wildman–Crippen LogP) is 2.94. The maximum atomic E-state index is 12.5. The molecule has 0 bridgehead atoms. The number of methoxy groups -OCH3 is 1. The van der Waals surface area contributed by atoms with E-state index in [1.807, 2.05) is 0 Å². The van der Waals surface area contributed by atoms with Gasteiger partial charge in [-0.15, -0.1) is 10.0 Å². The molecule has 200 valence electrons. The number of nitrogens with one attached hydrogen (secondary N) is 3. The fourth-order valence-electron chi connectivity index (χ4n) is 5.39. The minimum Gasteiger partial charge on any atom is -0.443 e. The molecule has 3 N–H and O–H groups in total. The predicted molar refractivity (Wildman–Crippen MR) is 128 cm³/mol. The SMILES string of the molecule is CO[C@@H]1C(OC(=O)NCCCCCCNC(=O)CNF)CC[C@]2(CO2)C1C1(C)O[C@@H]1CC=C(C)C. The van der Waals surface area contributed by atoms with Gasteiger partial charge < -0.3 is 29.6 Å². The van der Waals surface area contributed by atoms with E-state index in [1.165, 1.54) is 11.1 Å². The van der Waals surface area contributed by atoms with Gasteiger partial charge in [0.2, 0.25) is 5.91 Å². The van der Waals surface area contributed by atoms with Gasteiger partial charge in [-0.25, -0.2) is 4.79 Å². The number of hydrogen-bond acceptors (Lipinski definition) is 7. The van der Waals surface area contributed by atoms with Gasteiger partial charge in [0.05, 0.1) is 18.6 Å². The van der Waals surface area contributed by atoms with Gasteiger partial charge in [-0.2, -0.15) is 0 Å². The highest BCUT2D eigenvalue weighted by atomic mass is 19.2. The summed E-state index contributed by atoms with van der Waals surface area (Å²) in [7, 11) is 1.67. The summed E-state index contributed by atoms with van der Waals surface area (Å²) in [6, 6.07) is 0. The summed E-state index contributed by atoms with van der Waals surface area (Å²) in [5.74, 6) is -0.357. The van der Waals surface area contributed by atoms with Crippen LogP contribution in [0.4, 0.5) is 9.28 Å². The highest BCUT2D eigenvalue weighted by molar-refractivity contribution is 5.77. The quantitative estimate of drug-likeness (QED) is 0.146. The molecule has 3 fully saturated rings. The Bertz CT molecular complexity index is 757. The summed E-state index contributed by atoms with van der Waals surface area (Å²) >= 11 is 0. The third-order valence-corrected chi connectivity index (χ3v) is 7.42. The van der Waals surface area contributed by atoms with Gasteiger partial charge in [0, 0.05) is 20.2 Å². The fraction of sp³-hybridized carbons (Fsp3) is 0.840. The summed E-state index contributed by atoms with van der Waals surface area (Å²) in [5, 5.41) is 5.47. The standard InChI is InChI=1S/C25H42FN3O6/c1-17(2)9-10-19-24(3,35-19)22-21(32-4)18(11-12-25(22)16-33-25)34-23(31)28-14-8-6-5-7-13-27-20(30)15-29-26/h9,18-19,21-22,29H,5-8,10-16H2,1-4H3,(H,27,30)(H,28,31)/t18?,19-,21-,22?,24?,25+/m1/s1. The molecule has 0 aromatic rings. The summed E-state index contributed by atoms with van der Waals surface area (Å²) in [5.41, 5.74) is 1.99. The molecule has 2 heterocycles. The van der Waals surface area contributed by atoms with Crippen molar-refractivity contribution in [2.24, 2.45) is 5.92 Å². The first kappa shape index (κ1) is 27.8. The second-order valence-corrected chi connectivity index (χ2v) is 10.3. The number of carbonyl (C=O) groups excluding carboxylic acids is 2. The van der Waals surface area contributed by atoms with Crippen LogP contribution in [-0.2, 0) is 23.7 Å². The number of allylic oxidation sites excluding steroid dienone is 1. The molecule has 6 atom stereocenters. The molecule has 0 aromatic carbocycles. The molecule has 1 aliphatic carbocycles. The fourth-order valence-corrected chi connectivity index (χ4v) is 5.39. The van der Waals surface area contributed by atoms with Crippen LogP contribution in [0, 0.1) is 5.92 Å². The molecule has 2 amide bonds. The first-order valence-electron chi connectivity index (χ1n) is 12.8. The lowest BCUT2D eigenvalue weighted by Crippen LogP contribution is -2.56. The highest BCUT2D eigenvalue weighted by Crippen LogP contribution is 2.59. The smallest absolute Gasteiger partial charge is 0.407 e. The second kappa shape index (κ2) is 12.5. The lowest BCUT2D eigenvalue weighted by atomic mass is 9.68. The second-order valence-electron chi connectivity index (χ2n) is 10.3. The van der Waals surface area contributed by atoms with Gasteiger partial charge in [0.1, 0.15) is 30.0 Å². The third kappa shape index (κ3) is 7.38. The molecule has 9 nitrogen and oxygen atoms in total. The van der Waals surface area contributed by atoms with Crippen LogP contribution in [0.3, 0.4) is 0 Å². The maximum absolute atomic E-state index is 12.5. The molecule has 3 unspecified atom stereocenters. The number of hydrogen-bond donors (Lipinski definition) is 3. The molecule has 0 aromatic heterocycles. The van der Waals surface area contributed by atoms with E-state index in [0.717, 1.165) is 38.5 Å². The van der Waals surface area contributed by atoms with Crippen LogP contribution in [0.15, 0.2) is 11.6 Å². The lowest BCUT2D eigenvalue weighted by molar-refractivity contribution is -0.120. The normalized spacial score (nSPS) is 33.2. The Morgan fingerprint density at radius 3 is 2.43 bits per heavy atom. The zero-order valence-corrected chi connectivity index (χ0v) is 21.5. The Kier molecular flexibility index (Phi) is 9.92. The molecule has 10 heteroatoms. The van der Waals surface area contributed by atoms with Crippen molar-refractivity contribution in [3.63, 3.8) is 0 Å². The van der Waals surface area contributed by atoms with Crippen LogP contribution in [0.2, 0.25) is 0 Å². The molecule has 35 heavy (non-hydrogen) atoms. The molecule has 3 rings (SSSR count). The van der Waals surface area contributed by atoms with Crippen molar-refractivity contribution in [3.8, 4) is 0 Å². The highest BCUT2D eigenvalue weighted by Gasteiger charge is 2.72. The summed E-state index contributed by atoms with van der Waals surface area (Å²) in [6.07, 6.45) is 7.04. The summed E-state index contributed by atoms with van der Waals surface area (Å²) in [4.78, 5) is 23.6. The number of alkyl carbamates (subject to hydrolysis) is 1. The first-order chi connectivity index (χ1) is 16.8. The third-order valence-electron chi connectivity index (χ3n) is 7.42. The van der Waals surface area contributed by atoms with Crippen molar-refractivity contribution in [1.29, 1.82) is 0 Å². The van der Waals surface area contributed by atoms with Gasteiger partial charge in [-0.1, -0.05) is 24.5 Å². The number of ether oxygens (including phenoxy) is 4. The maximum Gasteiger partial charge on any atom is 0.407 e. The Labute approximate surface area is 207 Å². The van der Waals surface area contributed by atoms with Crippen molar-refractivity contribution in [1.82, 2.24) is 16.2 Å². The molecule has 0 radical (unpaired) electrons. The van der Waals surface area contributed by atoms with E-state index in [4.69, 9.17) is 18.9 Å². The molecular weight excluding hydrogens is 457 g/mol. The van der Waals surface area contributed by atoms with Gasteiger partial charge in [0.15, 0.2) is 0 Å². The average Bonchev–Trinajstić information content (AvgIpc) is 3.72. The van der Waals surface area contributed by atoms with Crippen molar-refractivity contribution in [2.75, 3.05) is 33.4 Å². The Balaban J connectivity index is 1.40. The van der Waals surface area contributed by atoms with Gasteiger partial charge in [-0.05, 0) is 52.9 Å². The average molecular weight is 500 g/mol. The van der Waals surface area contributed by atoms with Crippen molar-refractivity contribution < 1.29 is 33.0 Å². The van der Waals surface area contributed by atoms with E-state index in [0.29, 0.717) is 26.1 Å². The van der Waals surface area contributed by atoms with Crippen LogP contribution in [0.25, 0.3) is 0 Å². The van der Waals surface area contributed by atoms with Crippen LogP contribution in [0.1, 0.15) is 65.7 Å². The van der Waals surface area contributed by atoms with Gasteiger partial charge in [0.25, 0.3) is 0 Å².